The van der Waals surface area contributed by atoms with Crippen LogP contribution in [0, 0.1) is 0 Å². The number of hydrogen-bond donors (Lipinski definition) is 1. The van der Waals surface area contributed by atoms with Crippen LogP contribution in [0.1, 0.15) is 0 Å². The van der Waals surface area contributed by atoms with Crippen LogP contribution in [-0.4, -0.2) is 37.0 Å². The van der Waals surface area contributed by atoms with E-state index in [0.717, 1.165) is 6.61 Å². The summed E-state index contributed by atoms with van der Waals surface area (Å²) in [6.07, 6.45) is 3.64. The smallest absolute Gasteiger partial charge is 0.748 e. The van der Waals surface area contributed by atoms with Gasteiger partial charge in [0.2, 0.25) is 0 Å². The molecule has 0 saturated heterocycles. The maximum Gasteiger partial charge on any atom is 1.00 e. The van der Waals surface area contributed by atoms with Gasteiger partial charge < -0.3 is 14.4 Å². The van der Waals surface area contributed by atoms with E-state index in [2.05, 4.69) is 4.74 Å². The van der Waals surface area contributed by atoms with Crippen LogP contribution in [0.25, 0.3) is 0 Å². The number of rotatable bonds is 2. The summed E-state index contributed by atoms with van der Waals surface area (Å²) in [6, 6.07) is 0. The van der Waals surface area contributed by atoms with Gasteiger partial charge in [0.1, 0.15) is 6.61 Å². The van der Waals surface area contributed by atoms with Crippen molar-refractivity contribution < 1.29 is 74.2 Å². The van der Waals surface area contributed by atoms with Crippen molar-refractivity contribution in [2.24, 2.45) is 0 Å². The van der Waals surface area contributed by atoms with Gasteiger partial charge in [-0.3, -0.25) is 0 Å². The minimum Gasteiger partial charge on any atom is -0.748 e. The molecule has 1 aliphatic heterocycles. The summed E-state index contributed by atoms with van der Waals surface area (Å²) in [5.41, 5.74) is 0. The van der Waals surface area contributed by atoms with Crippen molar-refractivity contribution in [3.8, 4) is 0 Å². The largest absolute Gasteiger partial charge is 1.00 e. The van der Waals surface area contributed by atoms with E-state index >= 15 is 0 Å². The SMILES string of the molecule is C1=COC1.O=S(=O)([O-])CCO.[K+]. The fraction of sp³-hybridized carbons (Fsp3) is 0.600. The molecule has 0 fully saturated rings. The van der Waals surface area contributed by atoms with E-state index in [9.17, 15) is 13.0 Å². The van der Waals surface area contributed by atoms with E-state index in [1.54, 1.807) is 6.26 Å². The van der Waals surface area contributed by atoms with Crippen molar-refractivity contribution in [3.05, 3.63) is 12.3 Å². The molecule has 1 heterocycles. The zero-order chi connectivity index (χ0) is 8.74. The van der Waals surface area contributed by atoms with Gasteiger partial charge in [0.25, 0.3) is 0 Å². The Morgan fingerprint density at radius 1 is 1.58 bits per heavy atom. The maximum atomic E-state index is 9.52. The van der Waals surface area contributed by atoms with Crippen LogP contribution >= 0.6 is 0 Å². The minimum absolute atomic E-state index is 0. The third kappa shape index (κ3) is 13.6. The summed E-state index contributed by atoms with van der Waals surface area (Å²) >= 11 is 0. The second kappa shape index (κ2) is 8.64. The average Bonchev–Trinajstić information content (AvgIpc) is 1.54. The molecular formula is C5H9KO5S. The van der Waals surface area contributed by atoms with Crippen LogP contribution in [0.15, 0.2) is 12.3 Å². The van der Waals surface area contributed by atoms with Crippen molar-refractivity contribution in [1.82, 2.24) is 0 Å². The molecule has 7 heteroatoms. The molecule has 1 aliphatic rings. The van der Waals surface area contributed by atoms with Crippen molar-refractivity contribution >= 4 is 10.1 Å². The molecule has 0 spiro atoms. The van der Waals surface area contributed by atoms with E-state index in [1.807, 2.05) is 6.08 Å². The normalized spacial score (nSPS) is 12.8. The molecule has 0 aliphatic carbocycles. The van der Waals surface area contributed by atoms with Crippen LogP contribution in [0.3, 0.4) is 0 Å². The Morgan fingerprint density at radius 2 is 1.92 bits per heavy atom. The fourth-order valence-corrected chi connectivity index (χ4v) is 0.432. The monoisotopic (exact) mass is 220 g/mol. The summed E-state index contributed by atoms with van der Waals surface area (Å²) < 4.78 is 33.1. The predicted octanol–water partition coefficient (Wildman–Crippen LogP) is -3.94. The van der Waals surface area contributed by atoms with Gasteiger partial charge in [0.15, 0.2) is 0 Å². The fourth-order valence-electron chi connectivity index (χ4n) is 0.208. The van der Waals surface area contributed by atoms with E-state index < -0.39 is 22.5 Å². The Kier molecular flexibility index (Phi) is 11.2. The van der Waals surface area contributed by atoms with Gasteiger partial charge in [0, 0.05) is 0 Å². The van der Waals surface area contributed by atoms with E-state index in [4.69, 9.17) is 5.11 Å². The van der Waals surface area contributed by atoms with Crippen LogP contribution in [-0.2, 0) is 14.9 Å². The second-order valence-corrected chi connectivity index (χ2v) is 3.21. The number of aliphatic hydroxyl groups excluding tert-OH is 1. The number of ether oxygens (including phenoxy) is 1. The topological polar surface area (TPSA) is 86.7 Å². The summed E-state index contributed by atoms with van der Waals surface area (Å²) in [7, 11) is -4.17. The Bertz CT molecular complexity index is 204. The zero-order valence-corrected chi connectivity index (χ0v) is 10.7. The summed E-state index contributed by atoms with van der Waals surface area (Å²) in [4.78, 5) is 0. The first-order chi connectivity index (χ1) is 5.06. The molecule has 0 unspecified atom stereocenters. The Balaban J connectivity index is 0. The van der Waals surface area contributed by atoms with Crippen molar-refractivity contribution in [2.45, 2.75) is 0 Å². The van der Waals surface area contributed by atoms with Gasteiger partial charge >= 0.3 is 51.4 Å². The van der Waals surface area contributed by atoms with Gasteiger partial charge in [-0.25, -0.2) is 8.42 Å². The molecule has 1 rings (SSSR count). The standard InChI is InChI=1S/C3H4O.C2H6O4S.K/c1-2-4-3-1;3-1-2-7(4,5)6;/h1-2H,3H2;3H,1-2H2,(H,4,5,6);/q;;+1/p-1. The van der Waals surface area contributed by atoms with E-state index in [-0.39, 0.29) is 51.4 Å². The molecular weight excluding hydrogens is 211 g/mol. The molecule has 1 N–H and O–H groups in total. The third-order valence-corrected chi connectivity index (χ3v) is 1.41. The number of hydrogen-bond acceptors (Lipinski definition) is 5. The average molecular weight is 220 g/mol. The summed E-state index contributed by atoms with van der Waals surface area (Å²) in [5, 5.41) is 7.82. The molecule has 0 atom stereocenters. The molecule has 12 heavy (non-hydrogen) atoms. The van der Waals surface area contributed by atoms with Gasteiger partial charge in [-0.1, -0.05) is 0 Å². The molecule has 0 bridgehead atoms. The van der Waals surface area contributed by atoms with Gasteiger partial charge in [0.05, 0.1) is 28.7 Å². The first-order valence-corrected chi connectivity index (χ1v) is 4.45. The van der Waals surface area contributed by atoms with Crippen molar-refractivity contribution in [1.29, 1.82) is 0 Å². The Morgan fingerprint density at radius 3 is 1.92 bits per heavy atom. The van der Waals surface area contributed by atoms with Crippen LogP contribution < -0.4 is 51.4 Å². The van der Waals surface area contributed by atoms with Crippen LogP contribution in [0.5, 0.6) is 0 Å². The summed E-state index contributed by atoms with van der Waals surface area (Å²) in [5.74, 6) is -0.688. The van der Waals surface area contributed by atoms with Crippen molar-refractivity contribution in [3.63, 3.8) is 0 Å². The van der Waals surface area contributed by atoms with Crippen LogP contribution in [0.4, 0.5) is 0 Å². The first kappa shape index (κ1) is 15.5. The first-order valence-electron chi connectivity index (χ1n) is 2.87. The Hall–Kier alpha value is 1.05. The molecule has 0 aromatic carbocycles. The number of aliphatic hydroxyl groups is 1. The molecule has 0 aromatic rings. The molecule has 0 aromatic heterocycles. The molecule has 0 radical (unpaired) electrons. The molecule has 0 saturated carbocycles. The van der Waals surface area contributed by atoms with Crippen molar-refractivity contribution in [2.75, 3.05) is 19.0 Å². The minimum atomic E-state index is -4.17. The van der Waals surface area contributed by atoms with Gasteiger partial charge in [-0.15, -0.1) is 0 Å². The van der Waals surface area contributed by atoms with E-state index in [0.29, 0.717) is 0 Å². The van der Waals surface area contributed by atoms with Crippen LogP contribution in [0.2, 0.25) is 0 Å². The second-order valence-electron chi connectivity index (χ2n) is 1.69. The maximum absolute atomic E-state index is 9.52. The quantitative estimate of drug-likeness (QED) is 0.379. The Labute approximate surface area is 114 Å². The molecule has 0 amide bonds. The predicted molar refractivity (Wildman–Crippen MR) is 36.7 cm³/mol. The molecule has 5 nitrogen and oxygen atoms in total. The zero-order valence-electron chi connectivity index (χ0n) is 6.76. The van der Waals surface area contributed by atoms with Gasteiger partial charge in [-0.2, -0.15) is 0 Å². The van der Waals surface area contributed by atoms with Gasteiger partial charge in [-0.05, 0) is 6.08 Å². The molecule has 66 valence electrons. The summed E-state index contributed by atoms with van der Waals surface area (Å²) in [6.45, 7) is 0.228. The third-order valence-electron chi connectivity index (χ3n) is 0.726. The van der Waals surface area contributed by atoms with E-state index in [1.165, 1.54) is 0 Å².